The average Bonchev–Trinajstić information content (AvgIpc) is 2.76. The Morgan fingerprint density at radius 1 is 1.21 bits per heavy atom. The van der Waals surface area contributed by atoms with Crippen LogP contribution in [0, 0.1) is 0 Å². The second kappa shape index (κ2) is 4.90. The summed E-state index contributed by atoms with van der Waals surface area (Å²) in [6.07, 6.45) is 1.76. The van der Waals surface area contributed by atoms with E-state index in [1.54, 1.807) is 6.20 Å². The quantitative estimate of drug-likeness (QED) is 0.796. The van der Waals surface area contributed by atoms with Crippen molar-refractivity contribution in [3.05, 3.63) is 53.4 Å². The van der Waals surface area contributed by atoms with Crippen LogP contribution >= 0.6 is 11.6 Å². The summed E-state index contributed by atoms with van der Waals surface area (Å²) >= 11 is 5.85. The van der Waals surface area contributed by atoms with Crippen LogP contribution < -0.4 is 5.32 Å². The fraction of sp³-hybridized carbons (Fsp3) is 0.143. The highest BCUT2D eigenvalue weighted by Gasteiger charge is 2.07. The summed E-state index contributed by atoms with van der Waals surface area (Å²) in [7, 11) is 2.00. The zero-order chi connectivity index (χ0) is 13.2. The van der Waals surface area contributed by atoms with Gasteiger partial charge in [0.05, 0.1) is 12.1 Å². The number of hydrogen-bond donors (Lipinski definition) is 1. The van der Waals surface area contributed by atoms with Crippen LogP contribution in [0.5, 0.6) is 0 Å². The zero-order valence-electron chi connectivity index (χ0n) is 10.5. The molecule has 0 unspecified atom stereocenters. The van der Waals surface area contributed by atoms with Gasteiger partial charge in [-0.25, -0.2) is 9.97 Å². The van der Waals surface area contributed by atoms with Crippen LogP contribution in [0.4, 0.5) is 5.69 Å². The summed E-state index contributed by atoms with van der Waals surface area (Å²) in [4.78, 5) is 8.76. The van der Waals surface area contributed by atoms with Gasteiger partial charge in [-0.1, -0.05) is 11.6 Å². The first-order chi connectivity index (χ1) is 9.24. The van der Waals surface area contributed by atoms with E-state index in [0.717, 1.165) is 27.7 Å². The third-order valence-electron chi connectivity index (χ3n) is 3.04. The van der Waals surface area contributed by atoms with Crippen molar-refractivity contribution in [3.8, 4) is 0 Å². The van der Waals surface area contributed by atoms with Crippen molar-refractivity contribution < 1.29 is 0 Å². The fourth-order valence-electron chi connectivity index (χ4n) is 1.98. The summed E-state index contributed by atoms with van der Waals surface area (Å²) in [5.74, 6) is 0.948. The molecule has 0 radical (unpaired) electrons. The van der Waals surface area contributed by atoms with Crippen molar-refractivity contribution in [3.63, 3.8) is 0 Å². The Morgan fingerprint density at radius 3 is 2.74 bits per heavy atom. The molecule has 0 bridgehead atoms. The van der Waals surface area contributed by atoms with Gasteiger partial charge in [0.15, 0.2) is 5.65 Å². The minimum Gasteiger partial charge on any atom is -0.378 e. The number of rotatable bonds is 3. The first-order valence-electron chi connectivity index (χ1n) is 6.00. The Labute approximate surface area is 116 Å². The summed E-state index contributed by atoms with van der Waals surface area (Å²) in [6.45, 7) is 0.647. The molecule has 0 aliphatic carbocycles. The van der Waals surface area contributed by atoms with E-state index in [1.807, 2.05) is 48.0 Å². The molecular weight excluding hydrogens is 260 g/mol. The van der Waals surface area contributed by atoms with Gasteiger partial charge in [-0.05, 0) is 36.4 Å². The van der Waals surface area contributed by atoms with E-state index in [0.29, 0.717) is 6.54 Å². The number of aromatic nitrogens is 3. The number of nitrogens with zero attached hydrogens (tertiary/aromatic N) is 3. The molecule has 96 valence electrons. The number of imidazole rings is 1. The van der Waals surface area contributed by atoms with Crippen molar-refractivity contribution >= 4 is 28.5 Å². The van der Waals surface area contributed by atoms with Gasteiger partial charge in [-0.2, -0.15) is 0 Å². The van der Waals surface area contributed by atoms with Gasteiger partial charge < -0.3 is 9.88 Å². The van der Waals surface area contributed by atoms with Gasteiger partial charge in [0.1, 0.15) is 5.82 Å². The Morgan fingerprint density at radius 2 is 2.00 bits per heavy atom. The number of hydrogen-bond acceptors (Lipinski definition) is 3. The predicted molar refractivity (Wildman–Crippen MR) is 77.3 cm³/mol. The second-order valence-electron chi connectivity index (χ2n) is 4.29. The second-order valence-corrected chi connectivity index (χ2v) is 4.73. The molecule has 0 fully saturated rings. The number of anilines is 1. The number of halogens is 1. The van der Waals surface area contributed by atoms with Gasteiger partial charge in [-0.3, -0.25) is 0 Å². The first kappa shape index (κ1) is 12.0. The largest absolute Gasteiger partial charge is 0.378 e. The number of fused-ring (bicyclic) bond motifs is 1. The number of benzene rings is 1. The van der Waals surface area contributed by atoms with Crippen LogP contribution in [0.3, 0.4) is 0 Å². The molecule has 3 aromatic rings. The Kier molecular flexibility index (Phi) is 3.09. The number of pyridine rings is 1. The van der Waals surface area contributed by atoms with Gasteiger partial charge in [-0.15, -0.1) is 0 Å². The van der Waals surface area contributed by atoms with Crippen molar-refractivity contribution in [2.75, 3.05) is 5.32 Å². The highest BCUT2D eigenvalue weighted by atomic mass is 35.5. The Hall–Kier alpha value is -2.07. The van der Waals surface area contributed by atoms with E-state index in [2.05, 4.69) is 15.3 Å². The van der Waals surface area contributed by atoms with Gasteiger partial charge >= 0.3 is 0 Å². The van der Waals surface area contributed by atoms with Crippen LogP contribution in [-0.2, 0) is 13.6 Å². The molecule has 0 saturated heterocycles. The van der Waals surface area contributed by atoms with Gasteiger partial charge in [0.25, 0.3) is 0 Å². The molecule has 1 N–H and O–H groups in total. The molecule has 0 amide bonds. The Balaban J connectivity index is 1.82. The van der Waals surface area contributed by atoms with E-state index >= 15 is 0 Å². The normalized spacial score (nSPS) is 10.8. The van der Waals surface area contributed by atoms with Gasteiger partial charge in [0, 0.05) is 24.0 Å². The third-order valence-corrected chi connectivity index (χ3v) is 3.30. The molecule has 2 aromatic heterocycles. The van der Waals surface area contributed by atoms with Crippen molar-refractivity contribution in [1.82, 2.24) is 14.5 Å². The lowest BCUT2D eigenvalue weighted by Crippen LogP contribution is -2.05. The molecule has 2 heterocycles. The summed E-state index contributed by atoms with van der Waals surface area (Å²) in [5.41, 5.74) is 2.83. The zero-order valence-corrected chi connectivity index (χ0v) is 11.2. The molecule has 0 saturated carbocycles. The molecule has 3 rings (SSSR count). The van der Waals surface area contributed by atoms with Crippen LogP contribution in [0.25, 0.3) is 11.2 Å². The van der Waals surface area contributed by atoms with Crippen LogP contribution in [-0.4, -0.2) is 14.5 Å². The van der Waals surface area contributed by atoms with Crippen LogP contribution in [0.2, 0.25) is 5.02 Å². The monoisotopic (exact) mass is 272 g/mol. The topological polar surface area (TPSA) is 42.7 Å². The van der Waals surface area contributed by atoms with Crippen LogP contribution in [0.1, 0.15) is 5.82 Å². The molecule has 0 aliphatic heterocycles. The lowest BCUT2D eigenvalue weighted by molar-refractivity contribution is 0.834. The predicted octanol–water partition coefficient (Wildman–Crippen LogP) is 3.23. The summed E-state index contributed by atoms with van der Waals surface area (Å²) < 4.78 is 2.05. The van der Waals surface area contributed by atoms with Crippen LogP contribution in [0.15, 0.2) is 42.6 Å². The lowest BCUT2D eigenvalue weighted by Gasteiger charge is -2.06. The molecule has 0 aliphatic rings. The van der Waals surface area contributed by atoms with E-state index in [9.17, 15) is 0 Å². The first-order valence-corrected chi connectivity index (χ1v) is 6.37. The summed E-state index contributed by atoms with van der Waals surface area (Å²) in [5, 5.41) is 4.05. The minimum atomic E-state index is 0.647. The lowest BCUT2D eigenvalue weighted by atomic mass is 10.3. The van der Waals surface area contributed by atoms with Gasteiger partial charge in [0.2, 0.25) is 0 Å². The SMILES string of the molecule is Cn1c(CNc2ccc(Cl)cc2)nc2ncccc21. The maximum atomic E-state index is 5.85. The highest BCUT2D eigenvalue weighted by Crippen LogP contribution is 2.16. The van der Waals surface area contributed by atoms with Crippen molar-refractivity contribution in [1.29, 1.82) is 0 Å². The van der Waals surface area contributed by atoms with E-state index < -0.39 is 0 Å². The molecule has 0 spiro atoms. The smallest absolute Gasteiger partial charge is 0.177 e. The van der Waals surface area contributed by atoms with Crippen molar-refractivity contribution in [2.24, 2.45) is 7.05 Å². The molecular formula is C14H13ClN4. The number of nitrogens with one attached hydrogen (secondary N) is 1. The number of aryl methyl sites for hydroxylation is 1. The maximum Gasteiger partial charge on any atom is 0.177 e. The summed E-state index contributed by atoms with van der Waals surface area (Å²) in [6, 6.07) is 11.6. The van der Waals surface area contributed by atoms with E-state index in [1.165, 1.54) is 0 Å². The molecule has 4 nitrogen and oxygen atoms in total. The molecule has 19 heavy (non-hydrogen) atoms. The Bertz CT molecular complexity index is 703. The highest BCUT2D eigenvalue weighted by molar-refractivity contribution is 6.30. The standard InChI is InChI=1S/C14H13ClN4/c1-19-12-3-2-8-16-14(12)18-13(19)9-17-11-6-4-10(15)5-7-11/h2-8,17H,9H2,1H3. The minimum absolute atomic E-state index is 0.647. The third kappa shape index (κ3) is 2.39. The molecule has 1 aromatic carbocycles. The fourth-order valence-corrected chi connectivity index (χ4v) is 2.11. The molecule has 5 heteroatoms. The van der Waals surface area contributed by atoms with E-state index in [4.69, 9.17) is 11.6 Å². The average molecular weight is 273 g/mol. The van der Waals surface area contributed by atoms with Crippen molar-refractivity contribution in [2.45, 2.75) is 6.54 Å². The maximum absolute atomic E-state index is 5.85. The molecule has 0 atom stereocenters. The van der Waals surface area contributed by atoms with E-state index in [-0.39, 0.29) is 0 Å².